The van der Waals surface area contributed by atoms with Gasteiger partial charge >= 0.3 is 0 Å². The number of hydrogen-bond donors (Lipinski definition) is 0. The maximum absolute atomic E-state index is 13.0. The van der Waals surface area contributed by atoms with Gasteiger partial charge in [-0.1, -0.05) is 53.7 Å². The van der Waals surface area contributed by atoms with Crippen molar-refractivity contribution < 1.29 is 14.3 Å². The summed E-state index contributed by atoms with van der Waals surface area (Å²) in [4.78, 5) is 29.7. The SMILES string of the molecule is COc1ccc(-n2c(SCCCC(=O)N3CCN(C(=O)c4ccc(Cl)cc4)C(C)C3)nnc2-c2ccccc2)cc1. The number of nitrogens with zero attached hydrogens (tertiary/aromatic N) is 5. The van der Waals surface area contributed by atoms with Crippen LogP contribution in [0.5, 0.6) is 5.75 Å². The van der Waals surface area contributed by atoms with Gasteiger partial charge in [0.25, 0.3) is 5.91 Å². The molecule has 0 bridgehead atoms. The van der Waals surface area contributed by atoms with Gasteiger partial charge in [0.15, 0.2) is 11.0 Å². The zero-order chi connectivity index (χ0) is 28.8. The molecule has 0 spiro atoms. The lowest BCUT2D eigenvalue weighted by molar-refractivity contribution is -0.133. The standard InChI is InChI=1S/C31H32ClN5O3S/c1-22-21-35(18-19-36(22)30(39)24-10-12-25(32)13-11-24)28(38)9-6-20-41-31-34-33-29(23-7-4-3-5-8-23)37(31)26-14-16-27(40-2)17-15-26/h3-5,7-8,10-17,22H,6,9,18-21H2,1-2H3. The molecule has 8 nitrogen and oxygen atoms in total. The number of piperazine rings is 1. The molecule has 1 fully saturated rings. The van der Waals surface area contributed by atoms with Gasteiger partial charge in [-0.05, 0) is 61.9 Å². The summed E-state index contributed by atoms with van der Waals surface area (Å²) in [6.45, 7) is 3.55. The largest absolute Gasteiger partial charge is 0.497 e. The Labute approximate surface area is 249 Å². The molecule has 10 heteroatoms. The van der Waals surface area contributed by atoms with Gasteiger partial charge < -0.3 is 14.5 Å². The molecule has 1 aliphatic heterocycles. The van der Waals surface area contributed by atoms with Crippen LogP contribution in [0.25, 0.3) is 17.1 Å². The van der Waals surface area contributed by atoms with E-state index in [1.807, 2.05) is 75.9 Å². The molecular weight excluding hydrogens is 558 g/mol. The number of aromatic nitrogens is 3. The van der Waals surface area contributed by atoms with Crippen molar-refractivity contribution in [2.45, 2.75) is 31.0 Å². The molecule has 1 aliphatic rings. The second kappa shape index (κ2) is 13.2. The van der Waals surface area contributed by atoms with Crippen LogP contribution in [0.15, 0.2) is 84.0 Å². The molecule has 41 heavy (non-hydrogen) atoms. The van der Waals surface area contributed by atoms with Gasteiger partial charge in [-0.2, -0.15) is 0 Å². The van der Waals surface area contributed by atoms with Crippen LogP contribution >= 0.6 is 23.4 Å². The van der Waals surface area contributed by atoms with E-state index in [2.05, 4.69) is 10.2 Å². The first-order chi connectivity index (χ1) is 19.9. The van der Waals surface area contributed by atoms with E-state index in [-0.39, 0.29) is 17.9 Å². The molecule has 0 radical (unpaired) electrons. The zero-order valence-corrected chi connectivity index (χ0v) is 24.6. The second-order valence-electron chi connectivity index (χ2n) is 9.85. The lowest BCUT2D eigenvalue weighted by Crippen LogP contribution is -2.55. The third-order valence-electron chi connectivity index (χ3n) is 7.09. The van der Waals surface area contributed by atoms with Crippen molar-refractivity contribution in [3.8, 4) is 22.8 Å². The summed E-state index contributed by atoms with van der Waals surface area (Å²) in [5.74, 6) is 2.33. The van der Waals surface area contributed by atoms with Crippen molar-refractivity contribution in [1.29, 1.82) is 0 Å². The van der Waals surface area contributed by atoms with Crippen LogP contribution in [0.2, 0.25) is 5.02 Å². The third-order valence-corrected chi connectivity index (χ3v) is 8.36. The molecule has 212 valence electrons. The summed E-state index contributed by atoms with van der Waals surface area (Å²) in [7, 11) is 1.65. The number of benzene rings is 3. The van der Waals surface area contributed by atoms with E-state index >= 15 is 0 Å². The molecule has 1 atom stereocenters. The normalized spacial score (nSPS) is 15.1. The van der Waals surface area contributed by atoms with Crippen LogP contribution in [-0.2, 0) is 4.79 Å². The number of ether oxygens (including phenoxy) is 1. The lowest BCUT2D eigenvalue weighted by Gasteiger charge is -2.40. The van der Waals surface area contributed by atoms with Crippen molar-refractivity contribution in [1.82, 2.24) is 24.6 Å². The zero-order valence-electron chi connectivity index (χ0n) is 23.1. The molecular formula is C31H32ClN5O3S. The van der Waals surface area contributed by atoms with Crippen molar-refractivity contribution in [3.05, 3.63) is 89.4 Å². The monoisotopic (exact) mass is 589 g/mol. The van der Waals surface area contributed by atoms with Crippen LogP contribution in [0.3, 0.4) is 0 Å². The van der Waals surface area contributed by atoms with E-state index in [4.69, 9.17) is 16.3 Å². The van der Waals surface area contributed by atoms with Gasteiger partial charge in [-0.25, -0.2) is 0 Å². The summed E-state index contributed by atoms with van der Waals surface area (Å²) in [6, 6.07) is 24.6. The summed E-state index contributed by atoms with van der Waals surface area (Å²) in [6.07, 6.45) is 1.14. The Hall–Kier alpha value is -3.82. The van der Waals surface area contributed by atoms with E-state index in [9.17, 15) is 9.59 Å². The quantitative estimate of drug-likeness (QED) is 0.180. The van der Waals surface area contributed by atoms with Crippen LogP contribution in [0, 0.1) is 0 Å². The van der Waals surface area contributed by atoms with Crippen LogP contribution in [-0.4, -0.2) is 74.9 Å². The predicted octanol–water partition coefficient (Wildman–Crippen LogP) is 5.84. The number of methoxy groups -OCH3 is 1. The number of amides is 2. The Morgan fingerprint density at radius 3 is 2.39 bits per heavy atom. The fraction of sp³-hybridized carbons (Fsp3) is 0.290. The Morgan fingerprint density at radius 1 is 0.976 bits per heavy atom. The van der Waals surface area contributed by atoms with Gasteiger partial charge in [-0.3, -0.25) is 14.2 Å². The molecule has 0 aliphatic carbocycles. The number of hydrogen-bond acceptors (Lipinski definition) is 6. The maximum Gasteiger partial charge on any atom is 0.254 e. The molecule has 4 aromatic rings. The molecule has 0 N–H and O–H groups in total. The average Bonchev–Trinajstić information content (AvgIpc) is 3.43. The first-order valence-electron chi connectivity index (χ1n) is 13.6. The van der Waals surface area contributed by atoms with Crippen molar-refractivity contribution in [2.75, 3.05) is 32.5 Å². The minimum absolute atomic E-state index is 0.0338. The number of carbonyl (C=O) groups excluding carboxylic acids is 2. The van der Waals surface area contributed by atoms with Gasteiger partial charge in [0, 0.05) is 59.7 Å². The molecule has 1 unspecified atom stereocenters. The molecule has 2 amide bonds. The number of carbonyl (C=O) groups is 2. The third kappa shape index (κ3) is 6.74. The topological polar surface area (TPSA) is 80.6 Å². The summed E-state index contributed by atoms with van der Waals surface area (Å²) in [5, 5.41) is 10.3. The Bertz CT molecular complexity index is 1480. The average molecular weight is 590 g/mol. The molecule has 1 saturated heterocycles. The molecule has 5 rings (SSSR count). The summed E-state index contributed by atoms with van der Waals surface area (Å²) < 4.78 is 7.37. The minimum atomic E-state index is -0.0651. The number of halogens is 1. The van der Waals surface area contributed by atoms with E-state index in [1.165, 1.54) is 0 Å². The highest BCUT2D eigenvalue weighted by Crippen LogP contribution is 2.29. The fourth-order valence-corrected chi connectivity index (χ4v) is 5.91. The van der Waals surface area contributed by atoms with E-state index in [0.717, 1.165) is 33.7 Å². The summed E-state index contributed by atoms with van der Waals surface area (Å²) in [5.41, 5.74) is 2.52. The maximum atomic E-state index is 13.0. The highest BCUT2D eigenvalue weighted by Gasteiger charge is 2.30. The lowest BCUT2D eigenvalue weighted by atomic mass is 10.1. The highest BCUT2D eigenvalue weighted by molar-refractivity contribution is 7.99. The van der Waals surface area contributed by atoms with E-state index < -0.39 is 0 Å². The predicted molar refractivity (Wildman–Crippen MR) is 162 cm³/mol. The van der Waals surface area contributed by atoms with Crippen LogP contribution < -0.4 is 4.74 Å². The van der Waals surface area contributed by atoms with Gasteiger partial charge in [-0.15, -0.1) is 10.2 Å². The molecule has 3 aromatic carbocycles. The number of thioether (sulfide) groups is 1. The Morgan fingerprint density at radius 2 is 1.71 bits per heavy atom. The Balaban J connectivity index is 1.18. The smallest absolute Gasteiger partial charge is 0.254 e. The molecule has 1 aromatic heterocycles. The van der Waals surface area contributed by atoms with Crippen LogP contribution in [0.1, 0.15) is 30.1 Å². The Kier molecular flexibility index (Phi) is 9.26. The van der Waals surface area contributed by atoms with E-state index in [0.29, 0.717) is 43.1 Å². The first kappa shape index (κ1) is 28.7. The highest BCUT2D eigenvalue weighted by atomic mass is 35.5. The summed E-state index contributed by atoms with van der Waals surface area (Å²) >= 11 is 7.55. The van der Waals surface area contributed by atoms with Crippen LogP contribution in [0.4, 0.5) is 0 Å². The first-order valence-corrected chi connectivity index (χ1v) is 14.9. The minimum Gasteiger partial charge on any atom is -0.497 e. The van der Waals surface area contributed by atoms with E-state index in [1.54, 1.807) is 43.1 Å². The van der Waals surface area contributed by atoms with Gasteiger partial charge in [0.2, 0.25) is 5.91 Å². The van der Waals surface area contributed by atoms with Crippen molar-refractivity contribution in [2.24, 2.45) is 0 Å². The molecule has 0 saturated carbocycles. The molecule has 2 heterocycles. The van der Waals surface area contributed by atoms with Gasteiger partial charge in [0.05, 0.1) is 7.11 Å². The van der Waals surface area contributed by atoms with Crippen molar-refractivity contribution in [3.63, 3.8) is 0 Å². The number of rotatable bonds is 9. The van der Waals surface area contributed by atoms with Gasteiger partial charge in [0.1, 0.15) is 5.75 Å². The second-order valence-corrected chi connectivity index (χ2v) is 11.4. The van der Waals surface area contributed by atoms with Crippen molar-refractivity contribution >= 4 is 35.2 Å². The fourth-order valence-electron chi connectivity index (χ4n) is 4.89.